The number of pyridine rings is 1. The second-order valence-corrected chi connectivity index (χ2v) is 3.50. The van der Waals surface area contributed by atoms with Crippen molar-refractivity contribution in [2.45, 2.75) is 6.92 Å². The molecule has 17 heavy (non-hydrogen) atoms. The Kier molecular flexibility index (Phi) is 3.00. The number of rotatable bonds is 3. The van der Waals surface area contributed by atoms with E-state index in [-0.39, 0.29) is 11.6 Å². The molecule has 1 heterocycles. The first-order valence-corrected chi connectivity index (χ1v) is 5.01. The highest BCUT2D eigenvalue weighted by Crippen LogP contribution is 2.28. The summed E-state index contributed by atoms with van der Waals surface area (Å²) in [6.07, 6.45) is 1.46. The summed E-state index contributed by atoms with van der Waals surface area (Å²) in [5.41, 5.74) is 0.870. The molecule has 0 atom stereocenters. The number of nitrogens with zero attached hydrogens (tertiary/aromatic N) is 2. The van der Waals surface area contributed by atoms with Crippen molar-refractivity contribution in [3.63, 3.8) is 0 Å². The highest BCUT2D eigenvalue weighted by atomic mass is 16.6. The van der Waals surface area contributed by atoms with Crippen LogP contribution in [0.15, 0.2) is 42.6 Å². The smallest absolute Gasteiger partial charge is 0.331 e. The Balaban J connectivity index is 2.33. The first-order chi connectivity index (χ1) is 8.16. The van der Waals surface area contributed by atoms with Crippen molar-refractivity contribution in [1.82, 2.24) is 4.98 Å². The number of aromatic nitrogens is 1. The van der Waals surface area contributed by atoms with E-state index in [2.05, 4.69) is 4.98 Å². The van der Waals surface area contributed by atoms with E-state index in [1.165, 1.54) is 18.3 Å². The maximum atomic E-state index is 10.8. The van der Waals surface area contributed by atoms with Crippen LogP contribution in [0, 0.1) is 17.0 Å². The van der Waals surface area contributed by atoms with Crippen LogP contribution in [-0.4, -0.2) is 9.91 Å². The predicted octanol–water partition coefficient (Wildman–Crippen LogP) is 3.09. The highest BCUT2D eigenvalue weighted by Gasteiger charge is 2.16. The maximum absolute atomic E-state index is 10.8. The quantitative estimate of drug-likeness (QED) is 0.600. The number of nitro groups is 1. The van der Waals surface area contributed by atoms with Gasteiger partial charge in [0.15, 0.2) is 0 Å². The molecule has 0 aliphatic rings. The molecule has 0 spiro atoms. The van der Waals surface area contributed by atoms with Crippen molar-refractivity contribution in [1.29, 1.82) is 0 Å². The topological polar surface area (TPSA) is 65.3 Å². The van der Waals surface area contributed by atoms with Crippen molar-refractivity contribution >= 4 is 5.69 Å². The Labute approximate surface area is 97.8 Å². The second kappa shape index (κ2) is 4.61. The zero-order chi connectivity index (χ0) is 12.3. The maximum Gasteiger partial charge on any atom is 0.331 e. The Bertz CT molecular complexity index is 555. The third-order valence-electron chi connectivity index (χ3n) is 2.15. The van der Waals surface area contributed by atoms with Crippen LogP contribution < -0.4 is 4.74 Å². The van der Waals surface area contributed by atoms with Gasteiger partial charge in [-0.1, -0.05) is 12.1 Å². The van der Waals surface area contributed by atoms with E-state index in [4.69, 9.17) is 4.74 Å². The number of benzene rings is 1. The summed E-state index contributed by atoms with van der Waals surface area (Å²) in [4.78, 5) is 14.1. The van der Waals surface area contributed by atoms with Crippen molar-refractivity contribution in [3.05, 3.63) is 58.3 Å². The molecule has 0 saturated carbocycles. The monoisotopic (exact) mass is 230 g/mol. The first-order valence-electron chi connectivity index (χ1n) is 5.01. The molecule has 0 unspecified atom stereocenters. The molecule has 0 fully saturated rings. The van der Waals surface area contributed by atoms with Crippen LogP contribution in [0.5, 0.6) is 11.6 Å². The van der Waals surface area contributed by atoms with Gasteiger partial charge in [-0.05, 0) is 30.7 Å². The first kappa shape index (κ1) is 11.1. The van der Waals surface area contributed by atoms with E-state index < -0.39 is 4.92 Å². The normalized spacial score (nSPS) is 9.94. The third kappa shape index (κ3) is 2.57. The average Bonchev–Trinajstić information content (AvgIpc) is 2.29. The lowest BCUT2D eigenvalue weighted by Crippen LogP contribution is -1.95. The summed E-state index contributed by atoms with van der Waals surface area (Å²) in [5, 5.41) is 10.8. The average molecular weight is 230 g/mol. The van der Waals surface area contributed by atoms with Crippen LogP contribution in [0.3, 0.4) is 0 Å². The summed E-state index contributed by atoms with van der Waals surface area (Å²) >= 11 is 0. The van der Waals surface area contributed by atoms with Crippen LogP contribution in [0.25, 0.3) is 0 Å². The van der Waals surface area contributed by atoms with Gasteiger partial charge in [0.2, 0.25) is 0 Å². The minimum Gasteiger partial charge on any atom is -0.434 e. The Hall–Kier alpha value is -2.43. The lowest BCUT2D eigenvalue weighted by atomic mass is 10.2. The largest absolute Gasteiger partial charge is 0.434 e. The number of ether oxygens (including phenoxy) is 1. The summed E-state index contributed by atoms with van der Waals surface area (Å²) in [6, 6.07) is 10.1. The fourth-order valence-electron chi connectivity index (χ4n) is 1.39. The van der Waals surface area contributed by atoms with E-state index in [0.29, 0.717) is 5.75 Å². The van der Waals surface area contributed by atoms with Gasteiger partial charge in [0.25, 0.3) is 5.88 Å². The lowest BCUT2D eigenvalue weighted by Gasteiger charge is -2.05. The van der Waals surface area contributed by atoms with Gasteiger partial charge in [0, 0.05) is 12.3 Å². The Morgan fingerprint density at radius 3 is 2.82 bits per heavy atom. The van der Waals surface area contributed by atoms with Crippen molar-refractivity contribution in [2.75, 3.05) is 0 Å². The molecule has 2 aromatic rings. The van der Waals surface area contributed by atoms with Crippen LogP contribution >= 0.6 is 0 Å². The summed E-state index contributed by atoms with van der Waals surface area (Å²) in [5.74, 6) is 0.537. The Morgan fingerprint density at radius 2 is 2.12 bits per heavy atom. The zero-order valence-electron chi connectivity index (χ0n) is 9.16. The van der Waals surface area contributed by atoms with Crippen molar-refractivity contribution in [2.24, 2.45) is 0 Å². The zero-order valence-corrected chi connectivity index (χ0v) is 9.16. The highest BCUT2D eigenvalue weighted by molar-refractivity contribution is 5.43. The second-order valence-electron chi connectivity index (χ2n) is 3.50. The minimum absolute atomic E-state index is 0.00287. The molecule has 0 aliphatic heterocycles. The van der Waals surface area contributed by atoms with E-state index in [1.807, 2.05) is 19.1 Å². The molecular formula is C12H10N2O3. The molecule has 5 nitrogen and oxygen atoms in total. The molecule has 0 aliphatic carbocycles. The number of aryl methyl sites for hydroxylation is 1. The van der Waals surface area contributed by atoms with Gasteiger partial charge >= 0.3 is 5.69 Å². The minimum atomic E-state index is -0.516. The van der Waals surface area contributed by atoms with E-state index in [0.717, 1.165) is 5.56 Å². The molecule has 1 aromatic heterocycles. The Morgan fingerprint density at radius 1 is 1.29 bits per heavy atom. The van der Waals surface area contributed by atoms with Gasteiger partial charge in [-0.3, -0.25) is 10.1 Å². The van der Waals surface area contributed by atoms with Gasteiger partial charge in [-0.2, -0.15) is 0 Å². The lowest BCUT2D eigenvalue weighted by molar-refractivity contribution is -0.386. The molecule has 2 rings (SSSR count). The van der Waals surface area contributed by atoms with E-state index >= 15 is 0 Å². The van der Waals surface area contributed by atoms with Crippen molar-refractivity contribution in [3.8, 4) is 11.6 Å². The van der Waals surface area contributed by atoms with Crippen LogP contribution in [0.2, 0.25) is 0 Å². The van der Waals surface area contributed by atoms with Gasteiger partial charge < -0.3 is 4.74 Å². The van der Waals surface area contributed by atoms with Gasteiger partial charge in [-0.25, -0.2) is 4.98 Å². The molecule has 1 aromatic carbocycles. The standard InChI is InChI=1S/C12H10N2O3/c1-9-4-2-5-10(8-9)17-12-11(14(15)16)6-3-7-13-12/h2-8H,1H3. The van der Waals surface area contributed by atoms with Gasteiger partial charge in [-0.15, -0.1) is 0 Å². The molecule has 0 radical (unpaired) electrons. The molecule has 0 amide bonds. The summed E-state index contributed by atoms with van der Waals surface area (Å²) in [6.45, 7) is 1.92. The van der Waals surface area contributed by atoms with E-state index in [1.54, 1.807) is 12.1 Å². The SMILES string of the molecule is Cc1cccc(Oc2ncccc2[N+](=O)[O-])c1. The number of hydrogen-bond donors (Lipinski definition) is 0. The fourth-order valence-corrected chi connectivity index (χ4v) is 1.39. The molecule has 5 heteroatoms. The molecule has 0 saturated heterocycles. The number of hydrogen-bond acceptors (Lipinski definition) is 4. The van der Waals surface area contributed by atoms with Gasteiger partial charge in [0.1, 0.15) is 5.75 Å². The van der Waals surface area contributed by atoms with Crippen LogP contribution in [-0.2, 0) is 0 Å². The summed E-state index contributed by atoms with van der Waals surface area (Å²) < 4.78 is 5.40. The van der Waals surface area contributed by atoms with Gasteiger partial charge in [0.05, 0.1) is 4.92 Å². The summed E-state index contributed by atoms with van der Waals surface area (Å²) in [7, 11) is 0. The van der Waals surface area contributed by atoms with Crippen LogP contribution in [0.1, 0.15) is 5.56 Å². The third-order valence-corrected chi connectivity index (χ3v) is 2.15. The predicted molar refractivity (Wildman–Crippen MR) is 62.1 cm³/mol. The fraction of sp³-hybridized carbons (Fsp3) is 0.0833. The van der Waals surface area contributed by atoms with Crippen molar-refractivity contribution < 1.29 is 9.66 Å². The van der Waals surface area contributed by atoms with E-state index in [9.17, 15) is 10.1 Å². The van der Waals surface area contributed by atoms with Crippen LogP contribution in [0.4, 0.5) is 5.69 Å². The molecule has 86 valence electrons. The molecular weight excluding hydrogens is 220 g/mol. The molecule has 0 N–H and O–H groups in total. The molecule has 0 bridgehead atoms.